The molecule has 138 valence electrons. The van der Waals surface area contributed by atoms with Gasteiger partial charge in [0, 0.05) is 13.1 Å². The second-order valence-corrected chi connectivity index (χ2v) is 6.40. The number of carbonyl (C=O) groups excluding carboxylic acids is 1. The molecular weight excluding hydrogens is 290 g/mol. The van der Waals surface area contributed by atoms with E-state index in [4.69, 9.17) is 9.94 Å². The molecule has 0 aromatic heterocycles. The fourth-order valence-electron chi connectivity index (χ4n) is 2.62. The summed E-state index contributed by atoms with van der Waals surface area (Å²) in [5, 5.41) is 10.6. The van der Waals surface area contributed by atoms with Crippen LogP contribution in [0.25, 0.3) is 0 Å². The first-order valence-corrected chi connectivity index (χ1v) is 9.81. The average Bonchev–Trinajstić information content (AvgIpc) is 2.53. The van der Waals surface area contributed by atoms with Crippen molar-refractivity contribution in [3.63, 3.8) is 0 Å². The first-order chi connectivity index (χ1) is 11.2. The Morgan fingerprint density at radius 2 is 1.22 bits per heavy atom. The molecule has 0 amide bonds. The van der Waals surface area contributed by atoms with Gasteiger partial charge in [-0.25, -0.2) is 0 Å². The van der Waals surface area contributed by atoms with E-state index in [0.717, 1.165) is 25.9 Å². The second-order valence-electron chi connectivity index (χ2n) is 6.40. The van der Waals surface area contributed by atoms with Crippen LogP contribution in [0.3, 0.4) is 0 Å². The van der Waals surface area contributed by atoms with Crippen LogP contribution in [0.15, 0.2) is 0 Å². The van der Waals surface area contributed by atoms with E-state index in [2.05, 4.69) is 13.8 Å². The maximum atomic E-state index is 11.6. The molecule has 0 radical (unpaired) electrons. The van der Waals surface area contributed by atoms with E-state index in [1.807, 2.05) is 5.06 Å². The number of aliphatic hydroxyl groups excluding tert-OH is 1. The third kappa shape index (κ3) is 16.0. The number of hydroxylamine groups is 2. The maximum absolute atomic E-state index is 11.6. The summed E-state index contributed by atoms with van der Waals surface area (Å²) < 4.78 is 0. The minimum atomic E-state index is -0.315. The number of aliphatic hydroxyl groups is 1. The van der Waals surface area contributed by atoms with Gasteiger partial charge in [0.15, 0.2) is 0 Å². The highest BCUT2D eigenvalue weighted by molar-refractivity contribution is 5.69. The Hall–Kier alpha value is -0.610. The van der Waals surface area contributed by atoms with E-state index < -0.39 is 0 Å². The smallest absolute Gasteiger partial charge is 0.327 e. The normalized spacial score (nSPS) is 11.1. The van der Waals surface area contributed by atoms with Gasteiger partial charge in [0.25, 0.3) is 0 Å². The third-order valence-electron chi connectivity index (χ3n) is 4.07. The van der Waals surface area contributed by atoms with Crippen molar-refractivity contribution < 1.29 is 14.7 Å². The predicted octanol–water partition coefficient (Wildman–Crippen LogP) is 4.85. The highest BCUT2D eigenvalue weighted by Crippen LogP contribution is 2.09. The molecule has 0 aromatic rings. The zero-order valence-electron chi connectivity index (χ0n) is 15.5. The highest BCUT2D eigenvalue weighted by Gasteiger charge is 2.11. The molecule has 4 nitrogen and oxygen atoms in total. The maximum Gasteiger partial charge on any atom is 0.327 e. The molecule has 0 aliphatic heterocycles. The summed E-state index contributed by atoms with van der Waals surface area (Å²) in [5.41, 5.74) is 0. The van der Waals surface area contributed by atoms with Gasteiger partial charge < -0.3 is 9.94 Å². The lowest BCUT2D eigenvalue weighted by atomic mass is 10.1. The lowest BCUT2D eigenvalue weighted by molar-refractivity contribution is -0.192. The number of rotatable bonds is 17. The second kappa shape index (κ2) is 17.7. The fourth-order valence-corrected chi connectivity index (χ4v) is 2.62. The summed E-state index contributed by atoms with van der Waals surface area (Å²) in [6.07, 6.45) is 14.9. The topological polar surface area (TPSA) is 49.8 Å². The van der Waals surface area contributed by atoms with E-state index in [1.165, 1.54) is 64.2 Å². The lowest BCUT2D eigenvalue weighted by Crippen LogP contribution is -2.30. The molecule has 0 fully saturated rings. The van der Waals surface area contributed by atoms with Crippen molar-refractivity contribution in [2.75, 3.05) is 19.7 Å². The van der Waals surface area contributed by atoms with Gasteiger partial charge in [-0.1, -0.05) is 78.1 Å². The van der Waals surface area contributed by atoms with Gasteiger partial charge in [-0.2, -0.15) is 0 Å². The molecule has 0 spiro atoms. The zero-order valence-corrected chi connectivity index (χ0v) is 15.5. The third-order valence-corrected chi connectivity index (χ3v) is 4.07. The number of carbonyl (C=O) groups is 1. The summed E-state index contributed by atoms with van der Waals surface area (Å²) in [5.74, 6) is -0.315. The SMILES string of the molecule is CCCCCCCCN(CCCCCCCC)OC(=O)CCO. The van der Waals surface area contributed by atoms with Crippen LogP contribution in [-0.2, 0) is 9.63 Å². The summed E-state index contributed by atoms with van der Waals surface area (Å²) in [6.45, 7) is 5.95. The molecule has 0 unspecified atom stereocenters. The van der Waals surface area contributed by atoms with Gasteiger partial charge in [0.2, 0.25) is 0 Å². The molecule has 1 N–H and O–H groups in total. The van der Waals surface area contributed by atoms with Crippen molar-refractivity contribution >= 4 is 5.97 Å². The summed E-state index contributed by atoms with van der Waals surface area (Å²) >= 11 is 0. The van der Waals surface area contributed by atoms with Crippen LogP contribution in [0.4, 0.5) is 0 Å². The van der Waals surface area contributed by atoms with Crippen molar-refractivity contribution in [1.29, 1.82) is 0 Å². The first-order valence-electron chi connectivity index (χ1n) is 9.81. The molecule has 0 saturated carbocycles. The minimum Gasteiger partial charge on any atom is -0.396 e. The number of hydrogen-bond acceptors (Lipinski definition) is 4. The highest BCUT2D eigenvalue weighted by atomic mass is 16.7. The predicted molar refractivity (Wildman–Crippen MR) is 96.1 cm³/mol. The zero-order chi connectivity index (χ0) is 17.2. The largest absolute Gasteiger partial charge is 0.396 e. The molecule has 0 bridgehead atoms. The molecule has 0 atom stereocenters. The van der Waals surface area contributed by atoms with Gasteiger partial charge in [-0.15, -0.1) is 5.06 Å². The van der Waals surface area contributed by atoms with Crippen LogP contribution in [0, 0.1) is 0 Å². The number of hydrogen-bond donors (Lipinski definition) is 1. The van der Waals surface area contributed by atoms with Gasteiger partial charge in [0.05, 0.1) is 13.0 Å². The van der Waals surface area contributed by atoms with E-state index in [0.29, 0.717) is 0 Å². The van der Waals surface area contributed by atoms with E-state index in [9.17, 15) is 4.79 Å². The van der Waals surface area contributed by atoms with Crippen molar-refractivity contribution in [2.24, 2.45) is 0 Å². The van der Waals surface area contributed by atoms with Crippen molar-refractivity contribution in [2.45, 2.75) is 97.3 Å². The summed E-state index contributed by atoms with van der Waals surface area (Å²) in [6, 6.07) is 0. The Morgan fingerprint density at radius 1 is 0.783 bits per heavy atom. The van der Waals surface area contributed by atoms with Crippen LogP contribution in [-0.4, -0.2) is 35.8 Å². The van der Waals surface area contributed by atoms with Crippen molar-refractivity contribution in [1.82, 2.24) is 5.06 Å². The van der Waals surface area contributed by atoms with Crippen LogP contribution in [0.5, 0.6) is 0 Å². The fraction of sp³-hybridized carbons (Fsp3) is 0.947. The molecule has 0 rings (SSSR count). The van der Waals surface area contributed by atoms with Crippen LogP contribution in [0.1, 0.15) is 97.3 Å². The van der Waals surface area contributed by atoms with Crippen molar-refractivity contribution in [3.05, 3.63) is 0 Å². The Bertz CT molecular complexity index is 243. The molecule has 0 aromatic carbocycles. The molecule has 0 saturated heterocycles. The minimum absolute atomic E-state index is 0.0868. The van der Waals surface area contributed by atoms with Gasteiger partial charge in [0.1, 0.15) is 0 Å². The van der Waals surface area contributed by atoms with Crippen LogP contribution < -0.4 is 0 Å². The van der Waals surface area contributed by atoms with Crippen molar-refractivity contribution in [3.8, 4) is 0 Å². The molecule has 4 heteroatoms. The van der Waals surface area contributed by atoms with E-state index in [-0.39, 0.29) is 19.0 Å². The Kier molecular flexibility index (Phi) is 17.3. The monoisotopic (exact) mass is 329 g/mol. The molecule has 23 heavy (non-hydrogen) atoms. The first kappa shape index (κ1) is 22.4. The Balaban J connectivity index is 3.86. The van der Waals surface area contributed by atoms with E-state index in [1.54, 1.807) is 0 Å². The summed E-state index contributed by atoms with van der Waals surface area (Å²) in [4.78, 5) is 17.0. The summed E-state index contributed by atoms with van der Waals surface area (Å²) in [7, 11) is 0. The van der Waals surface area contributed by atoms with Gasteiger partial charge in [-0.3, -0.25) is 4.79 Å². The Labute approximate surface area is 143 Å². The van der Waals surface area contributed by atoms with Gasteiger partial charge >= 0.3 is 5.97 Å². The van der Waals surface area contributed by atoms with Crippen LogP contribution in [0.2, 0.25) is 0 Å². The quantitative estimate of drug-likeness (QED) is 0.306. The number of nitrogens with zero attached hydrogens (tertiary/aromatic N) is 1. The lowest BCUT2D eigenvalue weighted by Gasteiger charge is -2.21. The number of unbranched alkanes of at least 4 members (excludes halogenated alkanes) is 10. The molecule has 0 aliphatic carbocycles. The van der Waals surface area contributed by atoms with E-state index >= 15 is 0 Å². The van der Waals surface area contributed by atoms with Gasteiger partial charge in [-0.05, 0) is 12.8 Å². The molecular formula is C19H39NO3. The molecule has 0 heterocycles. The Morgan fingerprint density at radius 3 is 1.65 bits per heavy atom. The standard InChI is InChI=1S/C19H39NO3/c1-3-5-7-9-11-13-16-20(23-19(22)15-18-21)17-14-12-10-8-6-4-2/h21H,3-18H2,1-2H3. The van der Waals surface area contributed by atoms with Crippen LogP contribution >= 0.6 is 0 Å². The average molecular weight is 330 g/mol. The molecule has 0 aliphatic rings.